The van der Waals surface area contributed by atoms with E-state index in [0.717, 1.165) is 5.57 Å². The topological polar surface area (TPSA) is 82.1 Å². The van der Waals surface area contributed by atoms with E-state index in [1.807, 2.05) is 19.9 Å². The molecule has 0 unspecified atom stereocenters. The molecule has 0 spiro atoms. The van der Waals surface area contributed by atoms with Crippen LogP contribution in [-0.4, -0.2) is 47.1 Å². The van der Waals surface area contributed by atoms with Crippen molar-refractivity contribution in [3.63, 3.8) is 0 Å². The highest BCUT2D eigenvalue weighted by atomic mass is 16.6. The zero-order valence-electron chi connectivity index (χ0n) is 15.7. The van der Waals surface area contributed by atoms with Gasteiger partial charge < -0.3 is 19.3 Å². The fraction of sp³-hybridized carbons (Fsp3) is 0.600. The molecule has 3 heterocycles. The first-order valence-electron chi connectivity index (χ1n) is 8.94. The number of carbonyl (C=O) groups is 2. The molecule has 2 bridgehead atoms. The Labute approximate surface area is 153 Å². The van der Waals surface area contributed by atoms with Crippen LogP contribution >= 0.6 is 0 Å². The fourth-order valence-corrected chi connectivity index (χ4v) is 3.90. The molecule has 6 heteroatoms. The Morgan fingerprint density at radius 3 is 2.85 bits per heavy atom. The van der Waals surface area contributed by atoms with Gasteiger partial charge in [-0.2, -0.15) is 0 Å². The molecule has 3 aliphatic heterocycles. The Morgan fingerprint density at radius 2 is 2.19 bits per heavy atom. The highest BCUT2D eigenvalue weighted by Gasteiger charge is 2.53. The summed E-state index contributed by atoms with van der Waals surface area (Å²) in [5.41, 5.74) is 0.766. The molecular weight excluding hydrogens is 336 g/mol. The van der Waals surface area contributed by atoms with Crippen LogP contribution in [0.2, 0.25) is 0 Å². The molecule has 0 aromatic heterocycles. The molecule has 0 aromatic rings. The van der Waals surface area contributed by atoms with Gasteiger partial charge in [-0.3, -0.25) is 0 Å². The molecule has 6 nitrogen and oxygen atoms in total. The lowest BCUT2D eigenvalue weighted by molar-refractivity contribution is -0.154. The van der Waals surface area contributed by atoms with E-state index in [4.69, 9.17) is 14.2 Å². The van der Waals surface area contributed by atoms with Gasteiger partial charge in [0.15, 0.2) is 0 Å². The van der Waals surface area contributed by atoms with Crippen LogP contribution in [-0.2, 0) is 23.8 Å². The third-order valence-corrected chi connectivity index (χ3v) is 5.77. The van der Waals surface area contributed by atoms with Crippen molar-refractivity contribution in [3.8, 4) is 0 Å². The van der Waals surface area contributed by atoms with E-state index in [9.17, 15) is 14.7 Å². The number of carbonyl (C=O) groups excluding carboxylic acids is 2. The van der Waals surface area contributed by atoms with Crippen molar-refractivity contribution in [2.75, 3.05) is 0 Å². The number of hydrogen-bond acceptors (Lipinski definition) is 6. The highest BCUT2D eigenvalue weighted by Crippen LogP contribution is 2.44. The van der Waals surface area contributed by atoms with Crippen molar-refractivity contribution >= 4 is 11.9 Å². The van der Waals surface area contributed by atoms with Crippen LogP contribution in [0.1, 0.15) is 40.5 Å². The average Bonchev–Trinajstić information content (AvgIpc) is 3.03. The summed E-state index contributed by atoms with van der Waals surface area (Å²) in [4.78, 5) is 24.5. The first-order chi connectivity index (χ1) is 12.2. The van der Waals surface area contributed by atoms with E-state index in [1.54, 1.807) is 19.9 Å². The van der Waals surface area contributed by atoms with Crippen LogP contribution in [0.15, 0.2) is 35.5 Å². The van der Waals surface area contributed by atoms with Gasteiger partial charge in [-0.25, -0.2) is 9.59 Å². The van der Waals surface area contributed by atoms with Crippen LogP contribution < -0.4 is 0 Å². The standard InChI is InChI=1S/C20H26O6/c1-6-10(2)18(22)25-15-9-20(5)16(21)8-13(26-20)11(3)7-14-17(15)12(4)19(23)24-14/h6-7,13-17,21H,4,8-9H2,1-3,5H3/b10-6+,11-7+/t13-,14-,15-,16-,17+,20-/m1/s1. The summed E-state index contributed by atoms with van der Waals surface area (Å²) in [5, 5.41) is 10.6. The Bertz CT molecular complexity index is 705. The van der Waals surface area contributed by atoms with Crippen molar-refractivity contribution < 1.29 is 28.9 Å². The summed E-state index contributed by atoms with van der Waals surface area (Å²) in [6, 6.07) is 0. The molecule has 142 valence electrons. The van der Waals surface area contributed by atoms with Crippen molar-refractivity contribution in [3.05, 3.63) is 35.5 Å². The lowest BCUT2D eigenvalue weighted by atomic mass is 9.81. The minimum atomic E-state index is -0.880. The maximum Gasteiger partial charge on any atom is 0.334 e. The molecule has 0 radical (unpaired) electrons. The number of hydrogen-bond donors (Lipinski definition) is 1. The summed E-state index contributed by atoms with van der Waals surface area (Å²) >= 11 is 0. The van der Waals surface area contributed by atoms with Gasteiger partial charge in [0.2, 0.25) is 0 Å². The van der Waals surface area contributed by atoms with Crippen molar-refractivity contribution in [1.29, 1.82) is 0 Å². The summed E-state index contributed by atoms with van der Waals surface area (Å²) in [7, 11) is 0. The monoisotopic (exact) mass is 362 g/mol. The molecule has 0 amide bonds. The van der Waals surface area contributed by atoms with Gasteiger partial charge in [0.05, 0.1) is 23.7 Å². The number of aliphatic hydroxyl groups is 1. The smallest absolute Gasteiger partial charge is 0.334 e. The molecule has 3 aliphatic rings. The Hall–Kier alpha value is -1.92. The lowest BCUT2D eigenvalue weighted by Crippen LogP contribution is -2.44. The second-order valence-corrected chi connectivity index (χ2v) is 7.62. The van der Waals surface area contributed by atoms with Gasteiger partial charge in [0.1, 0.15) is 12.2 Å². The van der Waals surface area contributed by atoms with Crippen LogP contribution in [0.5, 0.6) is 0 Å². The number of aliphatic hydroxyl groups excluding tert-OH is 1. The summed E-state index contributed by atoms with van der Waals surface area (Å²) in [6.45, 7) is 11.0. The van der Waals surface area contributed by atoms with E-state index in [0.29, 0.717) is 12.0 Å². The third kappa shape index (κ3) is 3.12. The van der Waals surface area contributed by atoms with Gasteiger partial charge in [0, 0.05) is 24.0 Å². The van der Waals surface area contributed by atoms with Crippen molar-refractivity contribution in [2.24, 2.45) is 5.92 Å². The molecule has 0 aromatic carbocycles. The summed E-state index contributed by atoms with van der Waals surface area (Å²) in [5.74, 6) is -1.44. The van der Waals surface area contributed by atoms with Gasteiger partial charge in [-0.05, 0) is 39.3 Å². The third-order valence-electron chi connectivity index (χ3n) is 5.77. The predicted molar refractivity (Wildman–Crippen MR) is 94.1 cm³/mol. The number of fused-ring (bicyclic) bond motifs is 3. The second-order valence-electron chi connectivity index (χ2n) is 7.62. The SMILES string of the molecule is C=C1C(=O)O[C@@H]2/C=C(\C)[C@H]3C[C@@H](O)[C@@](C)(C[C@@H](OC(=O)/C(C)=C/C)[C@@H]12)O3. The first kappa shape index (κ1) is 18.9. The molecule has 0 saturated carbocycles. The molecular formula is C20H26O6. The summed E-state index contributed by atoms with van der Waals surface area (Å²) in [6.07, 6.45) is 2.02. The number of allylic oxidation sites excluding steroid dienone is 1. The van der Waals surface area contributed by atoms with Gasteiger partial charge >= 0.3 is 11.9 Å². The minimum Gasteiger partial charge on any atom is -0.458 e. The summed E-state index contributed by atoms with van der Waals surface area (Å²) < 4.78 is 17.3. The molecule has 1 N–H and O–H groups in total. The van der Waals surface area contributed by atoms with Gasteiger partial charge in [-0.15, -0.1) is 0 Å². The maximum absolute atomic E-state index is 12.4. The zero-order valence-corrected chi connectivity index (χ0v) is 15.7. The highest BCUT2D eigenvalue weighted by molar-refractivity contribution is 5.92. The number of rotatable bonds is 2. The molecule has 3 rings (SSSR count). The minimum absolute atomic E-state index is 0.255. The lowest BCUT2D eigenvalue weighted by Gasteiger charge is -2.34. The maximum atomic E-state index is 12.4. The first-order valence-corrected chi connectivity index (χ1v) is 8.94. The predicted octanol–water partition coefficient (Wildman–Crippen LogP) is 2.22. The Morgan fingerprint density at radius 1 is 1.50 bits per heavy atom. The van der Waals surface area contributed by atoms with Gasteiger partial charge in [-0.1, -0.05) is 12.7 Å². The second kappa shape index (κ2) is 6.67. The largest absolute Gasteiger partial charge is 0.458 e. The van der Waals surface area contributed by atoms with E-state index in [-0.39, 0.29) is 18.1 Å². The van der Waals surface area contributed by atoms with Crippen LogP contribution in [0.4, 0.5) is 0 Å². The number of esters is 2. The Kier molecular flexibility index (Phi) is 4.84. The van der Waals surface area contributed by atoms with Crippen molar-refractivity contribution in [1.82, 2.24) is 0 Å². The molecule has 2 fully saturated rings. The van der Waals surface area contributed by atoms with Crippen molar-refractivity contribution in [2.45, 2.75) is 70.6 Å². The molecule has 26 heavy (non-hydrogen) atoms. The number of ether oxygens (including phenoxy) is 3. The van der Waals surface area contributed by atoms with Crippen LogP contribution in [0, 0.1) is 5.92 Å². The molecule has 2 saturated heterocycles. The fourth-order valence-electron chi connectivity index (χ4n) is 3.90. The van der Waals surface area contributed by atoms with E-state index in [1.165, 1.54) is 0 Å². The average molecular weight is 362 g/mol. The van der Waals surface area contributed by atoms with E-state index in [2.05, 4.69) is 6.58 Å². The molecule has 6 atom stereocenters. The normalized spacial score (nSPS) is 42.1. The van der Waals surface area contributed by atoms with Crippen LogP contribution in [0.25, 0.3) is 0 Å². The van der Waals surface area contributed by atoms with E-state index >= 15 is 0 Å². The Balaban J connectivity index is 2.02. The van der Waals surface area contributed by atoms with Crippen LogP contribution in [0.3, 0.4) is 0 Å². The van der Waals surface area contributed by atoms with Gasteiger partial charge in [0.25, 0.3) is 0 Å². The van der Waals surface area contributed by atoms with E-state index < -0.39 is 41.8 Å². The molecule has 0 aliphatic carbocycles. The zero-order chi connectivity index (χ0) is 19.2. The quantitative estimate of drug-likeness (QED) is 0.461.